The zero-order valence-electron chi connectivity index (χ0n) is 6.61. The van der Waals surface area contributed by atoms with Gasteiger partial charge in [0.1, 0.15) is 5.15 Å². The molecule has 0 amide bonds. The first-order chi connectivity index (χ1) is 6.33. The molecule has 1 heterocycles. The lowest BCUT2D eigenvalue weighted by atomic mass is 10.3. The van der Waals surface area contributed by atoms with Gasteiger partial charge in [0.2, 0.25) is 0 Å². The predicted molar refractivity (Wildman–Crippen MR) is 50.1 cm³/mol. The highest BCUT2D eigenvalue weighted by atomic mass is 35.5. The van der Waals surface area contributed by atoms with E-state index in [1.807, 2.05) is 0 Å². The quantitative estimate of drug-likeness (QED) is 0.222. The van der Waals surface area contributed by atoms with Gasteiger partial charge in [-0.15, -0.1) is 0 Å². The summed E-state index contributed by atoms with van der Waals surface area (Å²) in [6.45, 7) is 0.163. The summed E-state index contributed by atoms with van der Waals surface area (Å²) in [7, 11) is 0. The van der Waals surface area contributed by atoms with Crippen LogP contribution >= 0.6 is 11.6 Å². The summed E-state index contributed by atoms with van der Waals surface area (Å²) < 4.78 is 0. The zero-order chi connectivity index (χ0) is 9.52. The van der Waals surface area contributed by atoms with E-state index in [4.69, 9.17) is 17.1 Å². The van der Waals surface area contributed by atoms with E-state index in [9.17, 15) is 0 Å². The minimum Gasteiger partial charge on any atom is -0.244 e. The number of azide groups is 1. The fourth-order valence-electron chi connectivity index (χ4n) is 0.689. The molecule has 1 rings (SSSR count). The average Bonchev–Trinajstić information content (AvgIpc) is 2.13. The maximum Gasteiger partial charge on any atom is 0.130 e. The molecule has 0 atom stereocenters. The van der Waals surface area contributed by atoms with E-state index in [1.165, 1.54) is 0 Å². The first-order valence-corrected chi connectivity index (χ1v) is 3.82. The molecule has 0 saturated carbocycles. The standard InChI is InChI=1S/C8H5ClN4/c9-8-6-7(3-5-11-8)2-1-4-12-13-10/h3,5-6H,4H2. The van der Waals surface area contributed by atoms with Crippen molar-refractivity contribution in [2.45, 2.75) is 0 Å². The molecule has 1 aromatic heterocycles. The van der Waals surface area contributed by atoms with Gasteiger partial charge in [-0.1, -0.05) is 28.6 Å². The second-order valence-electron chi connectivity index (χ2n) is 2.06. The Balaban J connectivity index is 2.71. The highest BCUT2D eigenvalue weighted by Crippen LogP contribution is 2.04. The van der Waals surface area contributed by atoms with E-state index >= 15 is 0 Å². The number of pyridine rings is 1. The highest BCUT2D eigenvalue weighted by molar-refractivity contribution is 6.29. The number of rotatable bonds is 1. The number of hydrogen-bond acceptors (Lipinski definition) is 2. The lowest BCUT2D eigenvalue weighted by molar-refractivity contribution is 1.25. The van der Waals surface area contributed by atoms with Crippen molar-refractivity contribution < 1.29 is 0 Å². The molecule has 0 aliphatic heterocycles. The Hall–Kier alpha value is -1.69. The number of nitrogens with zero attached hydrogens (tertiary/aromatic N) is 4. The van der Waals surface area contributed by atoms with Gasteiger partial charge in [0, 0.05) is 16.7 Å². The Bertz CT molecular complexity index is 398. The van der Waals surface area contributed by atoms with Crippen LogP contribution in [0.1, 0.15) is 5.56 Å². The van der Waals surface area contributed by atoms with Crippen molar-refractivity contribution in [3.63, 3.8) is 0 Å². The summed E-state index contributed by atoms with van der Waals surface area (Å²) >= 11 is 5.62. The van der Waals surface area contributed by atoms with E-state index < -0.39 is 0 Å². The zero-order valence-corrected chi connectivity index (χ0v) is 7.36. The molecule has 0 fully saturated rings. The monoisotopic (exact) mass is 192 g/mol. The second kappa shape index (κ2) is 5.04. The molecular weight excluding hydrogens is 188 g/mol. The number of hydrogen-bond donors (Lipinski definition) is 0. The van der Waals surface area contributed by atoms with Crippen LogP contribution in [0.25, 0.3) is 10.4 Å². The average molecular weight is 193 g/mol. The molecule has 0 radical (unpaired) electrons. The van der Waals surface area contributed by atoms with Crippen LogP contribution in [0, 0.1) is 11.8 Å². The van der Waals surface area contributed by atoms with Crippen molar-refractivity contribution in [3.8, 4) is 11.8 Å². The van der Waals surface area contributed by atoms with Crippen molar-refractivity contribution in [2.75, 3.05) is 6.54 Å². The van der Waals surface area contributed by atoms with Gasteiger partial charge in [0.15, 0.2) is 0 Å². The summed E-state index contributed by atoms with van der Waals surface area (Å²) in [6, 6.07) is 3.37. The minimum atomic E-state index is 0.163. The van der Waals surface area contributed by atoms with Crippen molar-refractivity contribution >= 4 is 11.6 Å². The molecule has 0 aliphatic carbocycles. The first kappa shape index (κ1) is 9.40. The largest absolute Gasteiger partial charge is 0.244 e. The molecule has 4 nitrogen and oxygen atoms in total. The summed E-state index contributed by atoms with van der Waals surface area (Å²) in [6.07, 6.45) is 1.57. The summed E-state index contributed by atoms with van der Waals surface area (Å²) in [4.78, 5) is 6.37. The van der Waals surface area contributed by atoms with Crippen LogP contribution in [0.3, 0.4) is 0 Å². The minimum absolute atomic E-state index is 0.163. The third-order valence-electron chi connectivity index (χ3n) is 1.17. The molecule has 0 aliphatic rings. The third-order valence-corrected chi connectivity index (χ3v) is 1.38. The van der Waals surface area contributed by atoms with E-state index in [0.717, 1.165) is 5.56 Å². The van der Waals surface area contributed by atoms with Gasteiger partial charge in [-0.2, -0.15) is 0 Å². The third kappa shape index (κ3) is 3.48. The van der Waals surface area contributed by atoms with Gasteiger partial charge in [-0.05, 0) is 17.7 Å². The molecular formula is C8H5ClN4. The number of aromatic nitrogens is 1. The van der Waals surface area contributed by atoms with E-state index in [1.54, 1.807) is 18.3 Å². The van der Waals surface area contributed by atoms with Crippen LogP contribution in [0.2, 0.25) is 5.15 Å². The maximum absolute atomic E-state index is 7.97. The Labute approximate surface area is 80.2 Å². The molecule has 1 aromatic rings. The molecule has 0 unspecified atom stereocenters. The summed E-state index contributed by atoms with van der Waals surface area (Å²) in [5.74, 6) is 5.45. The maximum atomic E-state index is 7.97. The Morgan fingerprint density at radius 2 is 2.54 bits per heavy atom. The van der Waals surface area contributed by atoms with Crippen molar-refractivity contribution in [3.05, 3.63) is 39.5 Å². The molecule has 0 spiro atoms. The molecule has 13 heavy (non-hydrogen) atoms. The summed E-state index contributed by atoms with van der Waals surface area (Å²) in [5.41, 5.74) is 8.72. The van der Waals surface area contributed by atoms with Crippen molar-refractivity contribution in [1.82, 2.24) is 4.98 Å². The summed E-state index contributed by atoms with van der Waals surface area (Å²) in [5, 5.41) is 3.67. The SMILES string of the molecule is [N-]=[N+]=NCC#Cc1ccnc(Cl)c1. The Kier molecular flexibility index (Phi) is 3.65. The van der Waals surface area contributed by atoms with E-state index in [0.29, 0.717) is 5.15 Å². The molecule has 0 saturated heterocycles. The van der Waals surface area contributed by atoms with E-state index in [-0.39, 0.29) is 6.54 Å². The highest BCUT2D eigenvalue weighted by Gasteiger charge is 1.88. The van der Waals surface area contributed by atoms with Gasteiger partial charge < -0.3 is 0 Å². The molecule has 0 aromatic carbocycles. The van der Waals surface area contributed by atoms with Crippen LogP contribution in [0.4, 0.5) is 0 Å². The lowest BCUT2D eigenvalue weighted by Crippen LogP contribution is -1.78. The van der Waals surface area contributed by atoms with Gasteiger partial charge in [0.05, 0.1) is 6.54 Å². The van der Waals surface area contributed by atoms with Crippen LogP contribution in [-0.4, -0.2) is 11.5 Å². The molecule has 0 bridgehead atoms. The topological polar surface area (TPSA) is 61.7 Å². The van der Waals surface area contributed by atoms with Crippen molar-refractivity contribution in [2.24, 2.45) is 5.11 Å². The fraction of sp³-hybridized carbons (Fsp3) is 0.125. The van der Waals surface area contributed by atoms with E-state index in [2.05, 4.69) is 26.9 Å². The van der Waals surface area contributed by atoms with Crippen LogP contribution in [-0.2, 0) is 0 Å². The number of halogens is 1. The van der Waals surface area contributed by atoms with Gasteiger partial charge >= 0.3 is 0 Å². The van der Waals surface area contributed by atoms with Crippen LogP contribution in [0.5, 0.6) is 0 Å². The predicted octanol–water partition coefficient (Wildman–Crippen LogP) is 2.40. The van der Waals surface area contributed by atoms with Crippen LogP contribution in [0.15, 0.2) is 23.4 Å². The Morgan fingerprint density at radius 1 is 1.69 bits per heavy atom. The first-order valence-electron chi connectivity index (χ1n) is 3.44. The second-order valence-corrected chi connectivity index (χ2v) is 2.45. The normalized spacial score (nSPS) is 8.08. The van der Waals surface area contributed by atoms with Gasteiger partial charge in [-0.25, -0.2) is 4.98 Å². The smallest absolute Gasteiger partial charge is 0.130 e. The Morgan fingerprint density at radius 3 is 3.23 bits per heavy atom. The lowest BCUT2D eigenvalue weighted by Gasteiger charge is -1.88. The fourth-order valence-corrected chi connectivity index (χ4v) is 0.863. The molecule has 5 heteroatoms. The molecule has 0 N–H and O–H groups in total. The van der Waals surface area contributed by atoms with Gasteiger partial charge in [-0.3, -0.25) is 0 Å². The van der Waals surface area contributed by atoms with Crippen LogP contribution < -0.4 is 0 Å². The molecule has 64 valence electrons. The van der Waals surface area contributed by atoms with Crippen molar-refractivity contribution in [1.29, 1.82) is 0 Å². The van der Waals surface area contributed by atoms with Gasteiger partial charge in [0.25, 0.3) is 0 Å².